The van der Waals surface area contributed by atoms with Crippen molar-refractivity contribution in [3.05, 3.63) is 35.3 Å². The van der Waals surface area contributed by atoms with Gasteiger partial charge in [-0.3, -0.25) is 0 Å². The lowest BCUT2D eigenvalue weighted by molar-refractivity contribution is 0.597. The van der Waals surface area contributed by atoms with Crippen molar-refractivity contribution in [2.45, 2.75) is 18.9 Å². The van der Waals surface area contributed by atoms with E-state index in [0.29, 0.717) is 16.8 Å². The lowest BCUT2D eigenvalue weighted by atomic mass is 10.1. The Morgan fingerprint density at radius 3 is 2.50 bits per heavy atom. The summed E-state index contributed by atoms with van der Waals surface area (Å²) in [6, 6.07) is 3.29. The summed E-state index contributed by atoms with van der Waals surface area (Å²) in [5.41, 5.74) is 1.40. The molecular formula is C11H12FN3O2S. The number of halogens is 1. The summed E-state index contributed by atoms with van der Waals surface area (Å²) < 4.78 is 37.6. The van der Waals surface area contributed by atoms with Crippen LogP contribution in [-0.4, -0.2) is 29.7 Å². The van der Waals surface area contributed by atoms with Gasteiger partial charge in [-0.15, -0.1) is 5.10 Å². The predicted molar refractivity (Wildman–Crippen MR) is 63.9 cm³/mol. The fraction of sp³-hybridized carbons (Fsp3) is 0.273. The van der Waals surface area contributed by atoms with Gasteiger partial charge in [0.05, 0.1) is 11.9 Å². The maximum atomic E-state index is 13.7. The predicted octanol–water partition coefficient (Wildman–Crippen LogP) is 1.43. The number of rotatable bonds is 2. The normalized spacial score (nSPS) is 11.8. The van der Waals surface area contributed by atoms with E-state index in [1.54, 1.807) is 26.0 Å². The summed E-state index contributed by atoms with van der Waals surface area (Å²) in [4.78, 5) is 0. The molecule has 5 nitrogen and oxygen atoms in total. The van der Waals surface area contributed by atoms with E-state index in [1.165, 1.54) is 10.9 Å². The Morgan fingerprint density at radius 2 is 1.94 bits per heavy atom. The van der Waals surface area contributed by atoms with Crippen LogP contribution in [0.5, 0.6) is 0 Å². The van der Waals surface area contributed by atoms with E-state index in [4.69, 9.17) is 0 Å². The molecular weight excluding hydrogens is 257 g/mol. The summed E-state index contributed by atoms with van der Waals surface area (Å²) in [6.07, 6.45) is 2.32. The molecule has 0 radical (unpaired) electrons. The third kappa shape index (κ3) is 2.13. The van der Waals surface area contributed by atoms with Crippen molar-refractivity contribution < 1.29 is 12.8 Å². The molecule has 96 valence electrons. The first-order chi connectivity index (χ1) is 8.30. The number of benzene rings is 1. The van der Waals surface area contributed by atoms with E-state index in [2.05, 4.69) is 10.3 Å². The molecule has 0 spiro atoms. The average Bonchev–Trinajstić information content (AvgIpc) is 2.75. The molecule has 0 unspecified atom stereocenters. The van der Waals surface area contributed by atoms with Crippen LogP contribution >= 0.6 is 0 Å². The lowest BCUT2D eigenvalue weighted by Gasteiger charge is -2.07. The van der Waals surface area contributed by atoms with Crippen LogP contribution in [-0.2, 0) is 9.84 Å². The molecule has 1 aromatic heterocycles. The first-order valence-corrected chi connectivity index (χ1v) is 7.08. The number of sulfone groups is 1. The molecule has 0 aliphatic rings. The van der Waals surface area contributed by atoms with E-state index in [0.717, 1.165) is 6.26 Å². The van der Waals surface area contributed by atoms with Gasteiger partial charge in [0.1, 0.15) is 5.82 Å². The number of hydrogen-bond donors (Lipinski definition) is 0. The molecule has 0 N–H and O–H groups in total. The van der Waals surface area contributed by atoms with Crippen LogP contribution in [0.4, 0.5) is 4.39 Å². The second-order valence-corrected chi connectivity index (χ2v) is 6.08. The zero-order chi connectivity index (χ0) is 13.5. The van der Waals surface area contributed by atoms with E-state index < -0.39 is 9.84 Å². The van der Waals surface area contributed by atoms with Crippen molar-refractivity contribution in [1.29, 1.82) is 0 Å². The third-order valence-corrected chi connectivity index (χ3v) is 3.60. The van der Waals surface area contributed by atoms with Crippen molar-refractivity contribution in [3.63, 3.8) is 0 Å². The fourth-order valence-electron chi connectivity index (χ4n) is 1.59. The molecule has 0 saturated heterocycles. The van der Waals surface area contributed by atoms with Gasteiger partial charge >= 0.3 is 0 Å². The molecule has 0 aliphatic carbocycles. The average molecular weight is 269 g/mol. The maximum Gasteiger partial charge on any atom is 0.197 e. The van der Waals surface area contributed by atoms with Gasteiger partial charge in [-0.05, 0) is 25.5 Å². The highest BCUT2D eigenvalue weighted by molar-refractivity contribution is 7.90. The van der Waals surface area contributed by atoms with Crippen LogP contribution in [0, 0.1) is 19.7 Å². The summed E-state index contributed by atoms with van der Waals surface area (Å²) in [6.45, 7) is 3.27. The molecule has 0 aliphatic heterocycles. The van der Waals surface area contributed by atoms with Crippen molar-refractivity contribution in [2.75, 3.05) is 6.26 Å². The molecule has 0 atom stereocenters. The summed E-state index contributed by atoms with van der Waals surface area (Å²) in [5.74, 6) is -0.330. The Morgan fingerprint density at radius 1 is 1.28 bits per heavy atom. The zero-order valence-corrected chi connectivity index (χ0v) is 11.0. The summed E-state index contributed by atoms with van der Waals surface area (Å²) in [5, 5.41) is 7.13. The fourth-order valence-corrected chi connectivity index (χ4v) is 2.07. The van der Waals surface area contributed by atoms with Crippen LogP contribution in [0.1, 0.15) is 11.1 Å². The topological polar surface area (TPSA) is 64.8 Å². The second kappa shape index (κ2) is 4.16. The van der Waals surface area contributed by atoms with Gasteiger partial charge in [-0.2, -0.15) is 0 Å². The van der Waals surface area contributed by atoms with Crippen LogP contribution in [0.2, 0.25) is 0 Å². The molecule has 0 saturated carbocycles. The van der Waals surface area contributed by atoms with E-state index >= 15 is 0 Å². The minimum atomic E-state index is -3.41. The molecule has 1 aromatic carbocycles. The minimum Gasteiger partial charge on any atom is -0.222 e. The number of aryl methyl sites for hydroxylation is 1. The van der Waals surface area contributed by atoms with E-state index in [-0.39, 0.29) is 10.8 Å². The quantitative estimate of drug-likeness (QED) is 0.827. The van der Waals surface area contributed by atoms with Crippen molar-refractivity contribution in [2.24, 2.45) is 0 Å². The molecule has 18 heavy (non-hydrogen) atoms. The molecule has 7 heteroatoms. The Labute approximate surface area is 104 Å². The molecule has 2 aromatic rings. The van der Waals surface area contributed by atoms with Crippen molar-refractivity contribution in [3.8, 4) is 5.69 Å². The van der Waals surface area contributed by atoms with Gasteiger partial charge < -0.3 is 0 Å². The monoisotopic (exact) mass is 269 g/mol. The third-order valence-electron chi connectivity index (χ3n) is 2.65. The summed E-state index contributed by atoms with van der Waals surface area (Å²) in [7, 11) is -3.41. The number of aromatic nitrogens is 3. The van der Waals surface area contributed by atoms with Crippen LogP contribution in [0.3, 0.4) is 0 Å². The van der Waals surface area contributed by atoms with Gasteiger partial charge in [-0.1, -0.05) is 11.3 Å². The Bertz CT molecular complexity index is 707. The van der Waals surface area contributed by atoms with Gasteiger partial charge in [0.2, 0.25) is 0 Å². The highest BCUT2D eigenvalue weighted by Gasteiger charge is 2.15. The molecule has 1 heterocycles. The van der Waals surface area contributed by atoms with Gasteiger partial charge in [0, 0.05) is 11.8 Å². The van der Waals surface area contributed by atoms with Crippen LogP contribution in [0.25, 0.3) is 5.69 Å². The molecule has 2 rings (SSSR count). The van der Waals surface area contributed by atoms with Crippen molar-refractivity contribution >= 4 is 9.84 Å². The Kier molecular flexibility index (Phi) is 2.94. The highest BCUT2D eigenvalue weighted by Crippen LogP contribution is 2.20. The van der Waals surface area contributed by atoms with Crippen LogP contribution < -0.4 is 0 Å². The van der Waals surface area contributed by atoms with E-state index in [9.17, 15) is 12.8 Å². The minimum absolute atomic E-state index is 0.136. The van der Waals surface area contributed by atoms with Crippen LogP contribution in [0.15, 0.2) is 23.4 Å². The second-order valence-electron chi connectivity index (χ2n) is 4.11. The standard InChI is InChI=1S/C11H12FN3O2S/c1-7-4-5-9(8(2)11(7)12)15-6-10(13-14-15)18(3,16)17/h4-6H,1-3H3. The zero-order valence-electron chi connectivity index (χ0n) is 10.2. The molecule has 0 amide bonds. The van der Waals surface area contributed by atoms with E-state index in [1.807, 2.05) is 0 Å². The van der Waals surface area contributed by atoms with Crippen molar-refractivity contribution in [1.82, 2.24) is 15.0 Å². The Balaban J connectivity index is 2.57. The highest BCUT2D eigenvalue weighted by atomic mass is 32.2. The van der Waals surface area contributed by atoms with Gasteiger partial charge in [0.15, 0.2) is 14.9 Å². The molecule has 0 fully saturated rings. The SMILES string of the molecule is Cc1ccc(-n2cc(S(C)(=O)=O)nn2)c(C)c1F. The largest absolute Gasteiger partial charge is 0.222 e. The maximum absolute atomic E-state index is 13.7. The number of hydrogen-bond acceptors (Lipinski definition) is 4. The van der Waals surface area contributed by atoms with Gasteiger partial charge in [-0.25, -0.2) is 17.5 Å². The smallest absolute Gasteiger partial charge is 0.197 e. The summed E-state index contributed by atoms with van der Waals surface area (Å²) >= 11 is 0. The molecule has 0 bridgehead atoms. The lowest BCUT2D eigenvalue weighted by Crippen LogP contribution is -2.01. The Hall–Kier alpha value is -1.76. The first kappa shape index (κ1) is 12.7. The van der Waals surface area contributed by atoms with Gasteiger partial charge in [0.25, 0.3) is 0 Å². The first-order valence-electron chi connectivity index (χ1n) is 5.19. The number of nitrogens with zero attached hydrogens (tertiary/aromatic N) is 3.